The van der Waals surface area contributed by atoms with E-state index in [-0.39, 0.29) is 12.8 Å². The topological polar surface area (TPSA) is 89.3 Å². The van der Waals surface area contributed by atoms with E-state index in [1.54, 1.807) is 18.3 Å². The summed E-state index contributed by atoms with van der Waals surface area (Å²) in [6, 6.07) is 3.65. The van der Waals surface area contributed by atoms with Crippen LogP contribution in [0, 0.1) is 16.7 Å². The molecule has 0 spiro atoms. The van der Waals surface area contributed by atoms with Crippen molar-refractivity contribution in [3.63, 3.8) is 0 Å². The molecule has 0 N–H and O–H groups in total. The Balaban J connectivity index is 2.40. The van der Waals surface area contributed by atoms with Crippen LogP contribution in [0.1, 0.15) is 16.8 Å². The van der Waals surface area contributed by atoms with Gasteiger partial charge in [0.15, 0.2) is 5.41 Å². The van der Waals surface area contributed by atoms with E-state index in [2.05, 4.69) is 4.98 Å². The zero-order valence-corrected chi connectivity index (χ0v) is 11.8. The zero-order valence-electron chi connectivity index (χ0n) is 11.8. The van der Waals surface area contributed by atoms with Gasteiger partial charge in [-0.25, -0.2) is 0 Å². The number of allylic oxidation sites excluding steroid dienone is 1. The molecule has 6 heteroatoms. The predicted molar refractivity (Wildman–Crippen MR) is 72.8 cm³/mol. The Morgan fingerprint density at radius 2 is 1.90 bits per heavy atom. The molecule has 108 valence electrons. The molecule has 0 aromatic carbocycles. The van der Waals surface area contributed by atoms with Crippen LogP contribution in [0.4, 0.5) is 0 Å². The summed E-state index contributed by atoms with van der Waals surface area (Å²) in [5.41, 5.74) is 0.893. The highest BCUT2D eigenvalue weighted by atomic mass is 16.5. The van der Waals surface area contributed by atoms with Crippen molar-refractivity contribution in [2.24, 2.45) is 5.41 Å². The van der Waals surface area contributed by atoms with Gasteiger partial charge in [-0.05, 0) is 29.7 Å². The van der Waals surface area contributed by atoms with E-state index >= 15 is 0 Å². The minimum absolute atomic E-state index is 0.205. The van der Waals surface area contributed by atoms with Crippen molar-refractivity contribution in [1.29, 1.82) is 5.26 Å². The third-order valence-corrected chi connectivity index (χ3v) is 3.57. The third kappa shape index (κ3) is 2.50. The quantitative estimate of drug-likeness (QED) is 0.469. The second-order valence-corrected chi connectivity index (χ2v) is 4.76. The number of fused-ring (bicyclic) bond motifs is 1. The lowest BCUT2D eigenvalue weighted by atomic mass is 9.85. The maximum atomic E-state index is 12.1. The van der Waals surface area contributed by atoms with Gasteiger partial charge in [0.1, 0.15) is 0 Å². The van der Waals surface area contributed by atoms with E-state index in [0.717, 1.165) is 11.1 Å². The van der Waals surface area contributed by atoms with Gasteiger partial charge in [0.05, 0.1) is 26.0 Å². The molecular weight excluding hydrogens is 272 g/mol. The molecule has 21 heavy (non-hydrogen) atoms. The summed E-state index contributed by atoms with van der Waals surface area (Å²) in [6.45, 7) is 0. The number of hydrogen-bond acceptors (Lipinski definition) is 6. The second kappa shape index (κ2) is 5.75. The van der Waals surface area contributed by atoms with Crippen molar-refractivity contribution in [2.45, 2.75) is 12.8 Å². The van der Waals surface area contributed by atoms with Crippen LogP contribution in [0.15, 0.2) is 18.3 Å². The van der Waals surface area contributed by atoms with E-state index in [9.17, 15) is 9.59 Å². The Morgan fingerprint density at radius 3 is 2.48 bits per heavy atom. The number of ether oxygens (including phenoxy) is 2. The van der Waals surface area contributed by atoms with E-state index in [4.69, 9.17) is 14.7 Å². The Labute approximate surface area is 122 Å². The summed E-state index contributed by atoms with van der Waals surface area (Å²) >= 11 is 0. The first-order valence-electron chi connectivity index (χ1n) is 6.28. The van der Waals surface area contributed by atoms with Crippen LogP contribution in [-0.4, -0.2) is 31.1 Å². The second-order valence-electron chi connectivity index (χ2n) is 4.76. The number of nitrogens with zero attached hydrogens (tertiary/aromatic N) is 2. The van der Waals surface area contributed by atoms with Crippen molar-refractivity contribution in [1.82, 2.24) is 4.98 Å². The summed E-state index contributed by atoms with van der Waals surface area (Å²) in [5, 5.41) is 8.53. The number of nitriles is 1. The van der Waals surface area contributed by atoms with Gasteiger partial charge in [-0.3, -0.25) is 14.6 Å². The molecule has 1 aliphatic rings. The normalized spacial score (nSPS) is 15.3. The maximum Gasteiger partial charge on any atom is 0.323 e. The first-order chi connectivity index (χ1) is 10.1. The molecule has 1 aromatic rings. The highest BCUT2D eigenvalue weighted by Crippen LogP contribution is 2.39. The lowest BCUT2D eigenvalue weighted by Gasteiger charge is -2.22. The van der Waals surface area contributed by atoms with Gasteiger partial charge in [-0.2, -0.15) is 5.26 Å². The number of aromatic nitrogens is 1. The SMILES string of the molecule is COC(=O)C1(C(=O)OC)Cc2cnc(/C=C/C#N)cc2C1. The summed E-state index contributed by atoms with van der Waals surface area (Å²) in [5.74, 6) is -1.22. The highest BCUT2D eigenvalue weighted by Gasteiger charge is 2.52. The van der Waals surface area contributed by atoms with Crippen LogP contribution in [0.25, 0.3) is 6.08 Å². The number of methoxy groups -OCH3 is 2. The third-order valence-electron chi connectivity index (χ3n) is 3.57. The molecule has 2 rings (SSSR count). The van der Waals surface area contributed by atoms with Crippen LogP contribution in [0.3, 0.4) is 0 Å². The van der Waals surface area contributed by atoms with Gasteiger partial charge < -0.3 is 9.47 Å². The fourth-order valence-corrected chi connectivity index (χ4v) is 2.56. The van der Waals surface area contributed by atoms with Crippen LogP contribution in [0.5, 0.6) is 0 Å². The number of hydrogen-bond donors (Lipinski definition) is 0. The van der Waals surface area contributed by atoms with Gasteiger partial charge in [-0.15, -0.1) is 0 Å². The molecule has 0 aliphatic heterocycles. The highest BCUT2D eigenvalue weighted by molar-refractivity contribution is 6.01. The number of pyridine rings is 1. The van der Waals surface area contributed by atoms with Crippen LogP contribution < -0.4 is 0 Å². The molecule has 6 nitrogen and oxygen atoms in total. The summed E-state index contributed by atoms with van der Waals surface area (Å²) < 4.78 is 9.54. The molecule has 0 atom stereocenters. The molecule has 0 unspecified atom stereocenters. The number of esters is 2. The molecule has 0 bridgehead atoms. The van der Waals surface area contributed by atoms with E-state index < -0.39 is 17.4 Å². The van der Waals surface area contributed by atoms with Crippen molar-refractivity contribution in [2.75, 3.05) is 14.2 Å². The molecule has 1 aliphatic carbocycles. The van der Waals surface area contributed by atoms with Gasteiger partial charge >= 0.3 is 11.9 Å². The Kier molecular flexibility index (Phi) is 4.03. The Morgan fingerprint density at radius 1 is 1.29 bits per heavy atom. The fourth-order valence-electron chi connectivity index (χ4n) is 2.56. The van der Waals surface area contributed by atoms with Crippen LogP contribution in [0.2, 0.25) is 0 Å². The molecule has 0 radical (unpaired) electrons. The molecule has 0 amide bonds. The summed E-state index contributed by atoms with van der Waals surface area (Å²) in [4.78, 5) is 28.3. The minimum atomic E-state index is -1.34. The summed E-state index contributed by atoms with van der Waals surface area (Å²) in [6.07, 6.45) is 4.91. The first kappa shape index (κ1) is 14.7. The largest absolute Gasteiger partial charge is 0.468 e. The maximum absolute atomic E-state index is 12.1. The standard InChI is InChI=1S/C15H14N2O4/c1-20-13(18)15(14(19)21-2)7-10-6-12(4-3-5-16)17-9-11(10)8-15/h3-4,6,9H,7-8H2,1-2H3/b4-3+. The molecule has 0 saturated heterocycles. The Bertz CT molecular complexity index is 642. The van der Waals surface area contributed by atoms with E-state index in [1.807, 2.05) is 6.07 Å². The van der Waals surface area contributed by atoms with Gasteiger partial charge in [0, 0.05) is 18.7 Å². The van der Waals surface area contributed by atoms with Gasteiger partial charge in [-0.1, -0.05) is 0 Å². The van der Waals surface area contributed by atoms with Crippen molar-refractivity contribution >= 4 is 18.0 Å². The van der Waals surface area contributed by atoms with Crippen molar-refractivity contribution in [3.05, 3.63) is 35.2 Å². The lowest BCUT2D eigenvalue weighted by molar-refractivity contribution is -0.168. The average molecular weight is 286 g/mol. The molecule has 0 fully saturated rings. The lowest BCUT2D eigenvalue weighted by Crippen LogP contribution is -2.42. The minimum Gasteiger partial charge on any atom is -0.468 e. The van der Waals surface area contributed by atoms with E-state index in [1.165, 1.54) is 20.3 Å². The predicted octanol–water partition coefficient (Wildman–Crippen LogP) is 1.05. The Hall–Kier alpha value is -2.68. The smallest absolute Gasteiger partial charge is 0.323 e. The number of carbonyl (C=O) groups excluding carboxylic acids is 2. The fraction of sp³-hybridized carbons (Fsp3) is 0.333. The molecular formula is C15H14N2O4. The van der Waals surface area contributed by atoms with Crippen LogP contribution in [-0.2, 0) is 31.9 Å². The summed E-state index contributed by atoms with van der Waals surface area (Å²) in [7, 11) is 2.49. The van der Waals surface area contributed by atoms with Crippen molar-refractivity contribution < 1.29 is 19.1 Å². The monoisotopic (exact) mass is 286 g/mol. The average Bonchev–Trinajstić information content (AvgIpc) is 2.91. The molecule has 0 saturated carbocycles. The van der Waals surface area contributed by atoms with Crippen molar-refractivity contribution in [3.8, 4) is 6.07 Å². The number of carbonyl (C=O) groups is 2. The number of rotatable bonds is 3. The zero-order chi connectivity index (χ0) is 15.5. The van der Waals surface area contributed by atoms with Gasteiger partial charge in [0.25, 0.3) is 0 Å². The molecule has 1 heterocycles. The first-order valence-corrected chi connectivity index (χ1v) is 6.28. The molecule has 1 aromatic heterocycles. The van der Waals surface area contributed by atoms with E-state index in [0.29, 0.717) is 5.69 Å². The van der Waals surface area contributed by atoms with Gasteiger partial charge in [0.2, 0.25) is 0 Å². The van der Waals surface area contributed by atoms with Crippen LogP contribution >= 0.6 is 0 Å².